The highest BCUT2D eigenvalue weighted by Crippen LogP contribution is 2.20. The van der Waals surface area contributed by atoms with E-state index in [4.69, 9.17) is 11.6 Å². The first-order valence-corrected chi connectivity index (χ1v) is 6.31. The molecule has 0 aromatic heterocycles. The maximum atomic E-state index is 12.3. The summed E-state index contributed by atoms with van der Waals surface area (Å²) in [5.41, 5.74) is 2.25. The number of carbonyl (C=O) groups is 1. The first-order chi connectivity index (χ1) is 8.08. The fraction of sp³-hybridized carbons (Fsp3) is 0.0714. The normalized spacial score (nSPS) is 10.3. The molecule has 0 fully saturated rings. The first kappa shape index (κ1) is 12.3. The Labute approximate surface area is 114 Å². The van der Waals surface area contributed by atoms with E-state index in [0.717, 1.165) is 10.0 Å². The zero-order valence-electron chi connectivity index (χ0n) is 9.21. The van der Waals surface area contributed by atoms with Crippen molar-refractivity contribution in [1.29, 1.82) is 0 Å². The van der Waals surface area contributed by atoms with E-state index in [9.17, 15) is 4.79 Å². The zero-order chi connectivity index (χ0) is 12.4. The van der Waals surface area contributed by atoms with Crippen LogP contribution >= 0.6 is 27.5 Å². The molecule has 0 radical (unpaired) electrons. The van der Waals surface area contributed by atoms with E-state index in [1.807, 2.05) is 25.1 Å². The Bertz CT molecular complexity index is 578. The molecule has 86 valence electrons. The fourth-order valence-corrected chi connectivity index (χ4v) is 2.29. The van der Waals surface area contributed by atoms with E-state index in [-0.39, 0.29) is 5.78 Å². The lowest BCUT2D eigenvalue weighted by Gasteiger charge is -2.05. The molecule has 0 aliphatic rings. The smallest absolute Gasteiger partial charge is 0.193 e. The van der Waals surface area contributed by atoms with Crippen LogP contribution in [0.2, 0.25) is 5.02 Å². The Morgan fingerprint density at radius 2 is 1.94 bits per heavy atom. The molecule has 3 heteroatoms. The van der Waals surface area contributed by atoms with Crippen LogP contribution in [0.3, 0.4) is 0 Å². The number of benzene rings is 2. The molecule has 1 nitrogen and oxygen atoms in total. The van der Waals surface area contributed by atoms with Gasteiger partial charge in [-0.25, -0.2) is 0 Å². The van der Waals surface area contributed by atoms with Crippen molar-refractivity contribution in [2.75, 3.05) is 0 Å². The molecule has 0 N–H and O–H groups in total. The Kier molecular flexibility index (Phi) is 3.65. The molecule has 0 unspecified atom stereocenters. The van der Waals surface area contributed by atoms with E-state index >= 15 is 0 Å². The van der Waals surface area contributed by atoms with Crippen molar-refractivity contribution in [3.8, 4) is 0 Å². The molecule has 2 aromatic carbocycles. The molecule has 0 aliphatic carbocycles. The lowest BCUT2D eigenvalue weighted by Crippen LogP contribution is -2.03. The predicted octanol–water partition coefficient (Wildman–Crippen LogP) is 4.64. The second kappa shape index (κ2) is 5.03. The van der Waals surface area contributed by atoms with Crippen molar-refractivity contribution in [2.45, 2.75) is 6.92 Å². The number of hydrogen-bond acceptors (Lipinski definition) is 1. The first-order valence-electron chi connectivity index (χ1n) is 5.14. The van der Waals surface area contributed by atoms with Crippen LogP contribution in [-0.4, -0.2) is 5.78 Å². The number of hydrogen-bond donors (Lipinski definition) is 0. The third-order valence-corrected chi connectivity index (χ3v) is 3.25. The van der Waals surface area contributed by atoms with Crippen LogP contribution in [0.5, 0.6) is 0 Å². The molecular formula is C14H10BrClO. The third kappa shape index (κ3) is 2.76. The second-order valence-corrected chi connectivity index (χ2v) is 5.15. The molecule has 0 aliphatic heterocycles. The minimum atomic E-state index is 0.0143. The molecule has 0 amide bonds. The summed E-state index contributed by atoms with van der Waals surface area (Å²) in [6, 6.07) is 12.7. The van der Waals surface area contributed by atoms with Crippen LogP contribution in [0.4, 0.5) is 0 Å². The summed E-state index contributed by atoms with van der Waals surface area (Å²) < 4.78 is 0.898. The van der Waals surface area contributed by atoms with Crippen LogP contribution < -0.4 is 0 Å². The third-order valence-electron chi connectivity index (χ3n) is 2.52. The van der Waals surface area contributed by atoms with Crippen molar-refractivity contribution < 1.29 is 4.79 Å². The zero-order valence-corrected chi connectivity index (χ0v) is 11.5. The van der Waals surface area contributed by atoms with E-state index in [2.05, 4.69) is 15.9 Å². The van der Waals surface area contributed by atoms with Crippen LogP contribution in [0.25, 0.3) is 0 Å². The van der Waals surface area contributed by atoms with Gasteiger partial charge in [0.2, 0.25) is 0 Å². The van der Waals surface area contributed by atoms with Gasteiger partial charge in [0.1, 0.15) is 0 Å². The number of halogens is 2. The molecule has 0 bridgehead atoms. The summed E-state index contributed by atoms with van der Waals surface area (Å²) >= 11 is 9.23. The highest BCUT2D eigenvalue weighted by molar-refractivity contribution is 9.10. The van der Waals surface area contributed by atoms with Gasteiger partial charge in [0.05, 0.1) is 0 Å². The Balaban J connectivity index is 2.44. The molecule has 2 rings (SSSR count). The second-order valence-electron chi connectivity index (χ2n) is 3.80. The standard InChI is InChI=1S/C14H10BrClO/c1-9-7-12(16)5-6-13(9)14(17)10-3-2-4-11(15)8-10/h2-8H,1H3. The van der Waals surface area contributed by atoms with E-state index in [1.165, 1.54) is 0 Å². The van der Waals surface area contributed by atoms with Gasteiger partial charge in [-0.15, -0.1) is 0 Å². The number of aryl methyl sites for hydroxylation is 1. The van der Waals surface area contributed by atoms with Gasteiger partial charge in [0.15, 0.2) is 5.78 Å². The summed E-state index contributed by atoms with van der Waals surface area (Å²) in [5.74, 6) is 0.0143. The van der Waals surface area contributed by atoms with E-state index in [1.54, 1.807) is 24.3 Å². The van der Waals surface area contributed by atoms with Gasteiger partial charge in [-0.3, -0.25) is 4.79 Å². The van der Waals surface area contributed by atoms with Gasteiger partial charge in [0.25, 0.3) is 0 Å². The summed E-state index contributed by atoms with van der Waals surface area (Å²) in [5, 5.41) is 0.647. The van der Waals surface area contributed by atoms with Crippen LogP contribution in [0.15, 0.2) is 46.9 Å². The maximum Gasteiger partial charge on any atom is 0.193 e. The summed E-state index contributed by atoms with van der Waals surface area (Å²) in [4.78, 5) is 12.3. The van der Waals surface area contributed by atoms with Gasteiger partial charge in [-0.2, -0.15) is 0 Å². The number of ketones is 1. The van der Waals surface area contributed by atoms with E-state index < -0.39 is 0 Å². The SMILES string of the molecule is Cc1cc(Cl)ccc1C(=O)c1cccc(Br)c1. The Morgan fingerprint density at radius 3 is 2.59 bits per heavy atom. The summed E-state index contributed by atoms with van der Waals surface area (Å²) in [6.07, 6.45) is 0. The van der Waals surface area contributed by atoms with Gasteiger partial charge in [-0.1, -0.05) is 39.7 Å². The Morgan fingerprint density at radius 1 is 1.18 bits per heavy atom. The maximum absolute atomic E-state index is 12.3. The minimum absolute atomic E-state index is 0.0143. The van der Waals surface area contributed by atoms with Crippen LogP contribution in [0, 0.1) is 6.92 Å². The average Bonchev–Trinajstić information content (AvgIpc) is 2.28. The molecule has 0 saturated carbocycles. The van der Waals surface area contributed by atoms with Crippen molar-refractivity contribution in [3.05, 3.63) is 68.7 Å². The minimum Gasteiger partial charge on any atom is -0.289 e. The van der Waals surface area contributed by atoms with Crippen LogP contribution in [0.1, 0.15) is 21.5 Å². The largest absolute Gasteiger partial charge is 0.289 e. The van der Waals surface area contributed by atoms with Gasteiger partial charge in [-0.05, 0) is 42.8 Å². The summed E-state index contributed by atoms with van der Waals surface area (Å²) in [7, 11) is 0. The van der Waals surface area contributed by atoms with Gasteiger partial charge >= 0.3 is 0 Å². The Hall–Kier alpha value is -1.12. The fourth-order valence-electron chi connectivity index (χ4n) is 1.67. The molecule has 17 heavy (non-hydrogen) atoms. The molecule has 2 aromatic rings. The molecule has 0 heterocycles. The van der Waals surface area contributed by atoms with Crippen molar-refractivity contribution in [1.82, 2.24) is 0 Å². The van der Waals surface area contributed by atoms with E-state index in [0.29, 0.717) is 16.1 Å². The average molecular weight is 310 g/mol. The van der Waals surface area contributed by atoms with Crippen molar-refractivity contribution in [2.24, 2.45) is 0 Å². The van der Waals surface area contributed by atoms with Gasteiger partial charge in [0, 0.05) is 20.6 Å². The lowest BCUT2D eigenvalue weighted by atomic mass is 9.99. The van der Waals surface area contributed by atoms with Crippen molar-refractivity contribution >= 4 is 33.3 Å². The van der Waals surface area contributed by atoms with Gasteiger partial charge < -0.3 is 0 Å². The summed E-state index contributed by atoms with van der Waals surface area (Å²) in [6.45, 7) is 1.89. The van der Waals surface area contributed by atoms with Crippen molar-refractivity contribution in [3.63, 3.8) is 0 Å². The van der Waals surface area contributed by atoms with Crippen LogP contribution in [-0.2, 0) is 0 Å². The predicted molar refractivity (Wildman–Crippen MR) is 73.8 cm³/mol. The molecular weight excluding hydrogens is 300 g/mol. The molecule has 0 atom stereocenters. The monoisotopic (exact) mass is 308 g/mol. The number of carbonyl (C=O) groups excluding carboxylic acids is 1. The topological polar surface area (TPSA) is 17.1 Å². The highest BCUT2D eigenvalue weighted by atomic mass is 79.9. The highest BCUT2D eigenvalue weighted by Gasteiger charge is 2.11. The lowest BCUT2D eigenvalue weighted by molar-refractivity contribution is 0.103. The molecule has 0 spiro atoms. The molecule has 0 saturated heterocycles. The number of rotatable bonds is 2. The quantitative estimate of drug-likeness (QED) is 0.738.